The van der Waals surface area contributed by atoms with Gasteiger partial charge in [0.1, 0.15) is 18.0 Å². The van der Waals surface area contributed by atoms with Crippen molar-refractivity contribution in [3.63, 3.8) is 0 Å². The van der Waals surface area contributed by atoms with E-state index in [9.17, 15) is 28.3 Å². The fourth-order valence-electron chi connectivity index (χ4n) is 4.82. The summed E-state index contributed by atoms with van der Waals surface area (Å²) in [6, 6.07) is 15.5. The molecule has 4 rings (SSSR count). The number of aliphatic hydroxyl groups excluding tert-OH is 1. The van der Waals surface area contributed by atoms with E-state index in [0.29, 0.717) is 16.3 Å². The molecule has 1 heterocycles. The Bertz CT molecular complexity index is 1560. The van der Waals surface area contributed by atoms with Gasteiger partial charge in [-0.05, 0) is 73.0 Å². The zero-order chi connectivity index (χ0) is 32.4. The molecule has 9 nitrogen and oxygen atoms in total. The molecule has 0 unspecified atom stereocenters. The molecule has 1 aliphatic heterocycles. The van der Waals surface area contributed by atoms with Gasteiger partial charge in [-0.1, -0.05) is 43.6 Å². The first kappa shape index (κ1) is 32.8. The molecule has 12 heteroatoms. The topological polar surface area (TPSA) is 125 Å². The molecule has 44 heavy (non-hydrogen) atoms. The van der Waals surface area contributed by atoms with Gasteiger partial charge in [0.25, 0.3) is 5.91 Å². The van der Waals surface area contributed by atoms with Gasteiger partial charge in [0.2, 0.25) is 5.91 Å². The van der Waals surface area contributed by atoms with E-state index in [4.69, 9.17) is 21.4 Å². The third-order valence-electron chi connectivity index (χ3n) is 7.35. The maximum atomic E-state index is 14.1. The molecule has 1 aliphatic rings. The second-order valence-electron chi connectivity index (χ2n) is 11.4. The number of aliphatic carboxylic acids is 1. The highest BCUT2D eigenvalue weighted by Crippen LogP contribution is 2.42. The number of aryl methyl sites for hydroxylation is 1. The molecular weight excluding hydrogens is 598 g/mol. The number of amides is 2. The minimum absolute atomic E-state index is 0.125. The summed E-state index contributed by atoms with van der Waals surface area (Å²) in [4.78, 5) is 39.5. The van der Waals surface area contributed by atoms with Gasteiger partial charge in [-0.25, -0.2) is 4.79 Å². The van der Waals surface area contributed by atoms with Crippen molar-refractivity contribution >= 4 is 40.8 Å². The maximum absolute atomic E-state index is 14.1. The molecule has 0 saturated heterocycles. The molecule has 0 bridgehead atoms. The zero-order valence-corrected chi connectivity index (χ0v) is 25.3. The van der Waals surface area contributed by atoms with Gasteiger partial charge >= 0.3 is 12.1 Å². The molecule has 0 aromatic heterocycles. The SMILES string of the molecule is Cc1cccc([C@@H]2O[C@H](CC(=O)Nc3ccc(OC(F)(F)C(=O)O)cc3)C(=O)N(CC(C)(C)CO)c3ccc(Cl)cc32)c1C. The summed E-state index contributed by atoms with van der Waals surface area (Å²) in [5, 5.41) is 21.6. The van der Waals surface area contributed by atoms with E-state index in [0.717, 1.165) is 28.8 Å². The van der Waals surface area contributed by atoms with Crippen LogP contribution >= 0.6 is 11.6 Å². The Balaban J connectivity index is 1.67. The van der Waals surface area contributed by atoms with Gasteiger partial charge in [-0.2, -0.15) is 8.78 Å². The van der Waals surface area contributed by atoms with Crippen molar-refractivity contribution in [2.45, 2.75) is 52.4 Å². The van der Waals surface area contributed by atoms with Gasteiger partial charge in [0, 0.05) is 40.5 Å². The van der Waals surface area contributed by atoms with E-state index in [1.54, 1.807) is 18.2 Å². The number of aliphatic hydroxyl groups is 1. The molecule has 0 aliphatic carbocycles. The Morgan fingerprint density at radius 2 is 1.75 bits per heavy atom. The Labute approximate surface area is 258 Å². The monoisotopic (exact) mass is 630 g/mol. The number of rotatable bonds is 10. The van der Waals surface area contributed by atoms with Crippen LogP contribution in [0.1, 0.15) is 48.6 Å². The number of fused-ring (bicyclic) bond motifs is 1. The predicted molar refractivity (Wildman–Crippen MR) is 160 cm³/mol. The van der Waals surface area contributed by atoms with Gasteiger partial charge < -0.3 is 29.9 Å². The number of ether oxygens (including phenoxy) is 2. The molecule has 0 fully saturated rings. The summed E-state index contributed by atoms with van der Waals surface area (Å²) in [6.07, 6.45) is -6.84. The molecule has 3 N–H and O–H groups in total. The lowest BCUT2D eigenvalue weighted by atomic mass is 9.91. The van der Waals surface area contributed by atoms with Crippen LogP contribution in [0, 0.1) is 19.3 Å². The Hall–Kier alpha value is -4.06. The number of hydrogen-bond donors (Lipinski definition) is 3. The summed E-state index contributed by atoms with van der Waals surface area (Å²) in [5.74, 6) is -3.95. The van der Waals surface area contributed by atoms with Crippen LogP contribution in [0.25, 0.3) is 0 Å². The smallest absolute Gasteiger partial charge is 0.474 e. The van der Waals surface area contributed by atoms with Crippen molar-refractivity contribution in [2.75, 3.05) is 23.4 Å². The van der Waals surface area contributed by atoms with Gasteiger partial charge in [0.15, 0.2) is 0 Å². The number of anilines is 2. The first-order chi connectivity index (χ1) is 20.6. The maximum Gasteiger partial charge on any atom is 0.501 e. The largest absolute Gasteiger partial charge is 0.501 e. The minimum Gasteiger partial charge on any atom is -0.474 e. The van der Waals surface area contributed by atoms with E-state index in [1.807, 2.05) is 45.9 Å². The number of carboxylic acids is 1. The fourth-order valence-corrected chi connectivity index (χ4v) is 5.00. The van der Waals surface area contributed by atoms with Gasteiger partial charge in [-0.15, -0.1) is 0 Å². The normalized spacial score (nSPS) is 17.1. The molecule has 0 saturated carbocycles. The number of alkyl halides is 2. The molecule has 2 amide bonds. The number of carbonyl (C=O) groups excluding carboxylic acids is 2. The highest BCUT2D eigenvalue weighted by Gasteiger charge is 2.43. The van der Waals surface area contributed by atoms with E-state index in [1.165, 1.54) is 17.0 Å². The molecule has 2 atom stereocenters. The van der Waals surface area contributed by atoms with E-state index >= 15 is 0 Å². The lowest BCUT2D eigenvalue weighted by molar-refractivity contribution is -0.210. The van der Waals surface area contributed by atoms with Crippen molar-refractivity contribution in [1.29, 1.82) is 0 Å². The van der Waals surface area contributed by atoms with Crippen LogP contribution in [0.2, 0.25) is 5.02 Å². The predicted octanol–water partition coefficient (Wildman–Crippen LogP) is 5.88. The number of benzene rings is 3. The third kappa shape index (κ3) is 7.35. The van der Waals surface area contributed by atoms with E-state index in [-0.39, 0.29) is 18.8 Å². The van der Waals surface area contributed by atoms with Crippen LogP contribution in [0.4, 0.5) is 20.2 Å². The van der Waals surface area contributed by atoms with E-state index in [2.05, 4.69) is 10.1 Å². The first-order valence-electron chi connectivity index (χ1n) is 13.8. The van der Waals surface area contributed by atoms with Crippen molar-refractivity contribution in [3.05, 3.63) is 87.9 Å². The number of nitrogens with one attached hydrogen (secondary N) is 1. The van der Waals surface area contributed by atoms with Crippen LogP contribution in [0.15, 0.2) is 60.7 Å². The Morgan fingerprint density at radius 1 is 1.07 bits per heavy atom. The van der Waals surface area contributed by atoms with E-state index < -0.39 is 53.7 Å². The third-order valence-corrected chi connectivity index (χ3v) is 7.59. The number of carboxylic acid groups (broad SMARTS) is 1. The highest BCUT2D eigenvalue weighted by molar-refractivity contribution is 6.30. The molecule has 234 valence electrons. The number of hydrogen-bond acceptors (Lipinski definition) is 6. The van der Waals surface area contributed by atoms with Crippen molar-refractivity contribution in [2.24, 2.45) is 5.41 Å². The fraction of sp³-hybridized carbons (Fsp3) is 0.344. The Kier molecular flexibility index (Phi) is 9.62. The summed E-state index contributed by atoms with van der Waals surface area (Å²) >= 11 is 6.43. The van der Waals surface area contributed by atoms with Crippen LogP contribution < -0.4 is 15.0 Å². The summed E-state index contributed by atoms with van der Waals surface area (Å²) < 4.78 is 37.5. The van der Waals surface area contributed by atoms with Gasteiger partial charge in [0.05, 0.1) is 6.42 Å². The van der Waals surface area contributed by atoms with Crippen LogP contribution in [0.3, 0.4) is 0 Å². The minimum atomic E-state index is -4.42. The molecule has 3 aromatic rings. The number of nitrogens with zero attached hydrogens (tertiary/aromatic N) is 1. The summed E-state index contributed by atoms with van der Waals surface area (Å²) in [5.41, 5.74) is 3.42. The lowest BCUT2D eigenvalue weighted by Crippen LogP contribution is -2.46. The highest BCUT2D eigenvalue weighted by atomic mass is 35.5. The second-order valence-corrected chi connectivity index (χ2v) is 11.9. The summed E-state index contributed by atoms with van der Waals surface area (Å²) in [7, 11) is 0. The Morgan fingerprint density at radius 3 is 2.39 bits per heavy atom. The quantitative estimate of drug-likeness (QED) is 0.255. The second kappa shape index (κ2) is 12.9. The van der Waals surface area contributed by atoms with Crippen molar-refractivity contribution in [3.8, 4) is 5.75 Å². The summed E-state index contributed by atoms with van der Waals surface area (Å²) in [6.45, 7) is 7.44. The average Bonchev–Trinajstić information content (AvgIpc) is 3.05. The zero-order valence-electron chi connectivity index (χ0n) is 24.6. The molecule has 3 aromatic carbocycles. The number of halogens is 3. The number of carbonyl (C=O) groups is 3. The van der Waals surface area contributed by atoms with Crippen molar-refractivity contribution < 1.29 is 42.9 Å². The molecule has 0 radical (unpaired) electrons. The average molecular weight is 631 g/mol. The molecule has 0 spiro atoms. The van der Waals surface area contributed by atoms with Crippen LogP contribution in [-0.4, -0.2) is 53.4 Å². The first-order valence-corrected chi connectivity index (χ1v) is 14.1. The van der Waals surface area contributed by atoms with Crippen LogP contribution in [-0.2, 0) is 19.1 Å². The standard InChI is InChI=1S/C32H33ClF2N2O7/c1-18-6-5-7-23(19(18)2)28-24-14-20(33)8-13-25(24)37(16-31(3,4)17-38)29(40)26(43-28)15-27(39)36-21-9-11-22(12-10-21)44-32(34,35)30(41)42/h5-14,26,28,38H,15-17H2,1-4H3,(H,36,39)(H,41,42)/t26-,28+/m1/s1. The lowest BCUT2D eigenvalue weighted by Gasteiger charge is -2.32. The van der Waals surface area contributed by atoms with Crippen LogP contribution in [0.5, 0.6) is 5.75 Å². The van der Waals surface area contributed by atoms with Gasteiger partial charge in [-0.3, -0.25) is 9.59 Å². The van der Waals surface area contributed by atoms with Crippen molar-refractivity contribution in [1.82, 2.24) is 0 Å². The molecular formula is C32H33ClF2N2O7.